The summed E-state index contributed by atoms with van der Waals surface area (Å²) in [6.45, 7) is 1.32. The van der Waals surface area contributed by atoms with Gasteiger partial charge in [0.2, 0.25) is 0 Å². The Balaban J connectivity index is 2.02. The van der Waals surface area contributed by atoms with Crippen LogP contribution in [0.4, 0.5) is 13.2 Å². The number of hydrogen-bond acceptors (Lipinski definition) is 5. The van der Waals surface area contributed by atoms with Crippen LogP contribution in [0.3, 0.4) is 0 Å². The fourth-order valence-corrected chi connectivity index (χ4v) is 3.84. The maximum Gasteiger partial charge on any atom is 0.433 e. The van der Waals surface area contributed by atoms with Crippen molar-refractivity contribution < 1.29 is 27.4 Å². The molecule has 0 atom stereocenters. The third-order valence-corrected chi connectivity index (χ3v) is 5.60. The number of aromatic amines is 1. The number of ether oxygens (including phenoxy) is 2. The number of methoxy groups -OCH3 is 1. The Morgan fingerprint density at radius 3 is 2.43 bits per heavy atom. The molecule has 158 valence electrons. The zero-order valence-corrected chi connectivity index (χ0v) is 18.2. The molecule has 30 heavy (non-hydrogen) atoms. The Kier molecular flexibility index (Phi) is 6.77. The van der Waals surface area contributed by atoms with Gasteiger partial charge in [-0.1, -0.05) is 30.0 Å². The molecule has 3 rings (SSSR count). The minimum absolute atomic E-state index is 0.0615. The van der Waals surface area contributed by atoms with Crippen LogP contribution >= 0.6 is 27.7 Å². The number of halogens is 4. The summed E-state index contributed by atoms with van der Waals surface area (Å²) in [6, 6.07) is 11.5. The fraction of sp³-hybridized carbons (Fsp3) is 0.200. The molecule has 0 fully saturated rings. The molecular formula is C20H16BrF3N2O3S. The van der Waals surface area contributed by atoms with E-state index >= 15 is 0 Å². The van der Waals surface area contributed by atoms with E-state index in [0.29, 0.717) is 21.3 Å². The summed E-state index contributed by atoms with van der Waals surface area (Å²) in [5.74, 6) is 0.175. The van der Waals surface area contributed by atoms with Gasteiger partial charge in [-0.2, -0.15) is 18.3 Å². The molecule has 0 aliphatic rings. The highest BCUT2D eigenvalue weighted by Crippen LogP contribution is 2.43. The van der Waals surface area contributed by atoms with Gasteiger partial charge >= 0.3 is 12.1 Å². The van der Waals surface area contributed by atoms with Crippen molar-refractivity contribution in [3.63, 3.8) is 0 Å². The smallest absolute Gasteiger partial charge is 0.433 e. The first-order valence-electron chi connectivity index (χ1n) is 8.56. The van der Waals surface area contributed by atoms with Crippen LogP contribution < -0.4 is 4.74 Å². The van der Waals surface area contributed by atoms with Gasteiger partial charge in [0.1, 0.15) is 23.1 Å². The summed E-state index contributed by atoms with van der Waals surface area (Å²) in [5.41, 5.74) is 0.00180. The number of rotatable bonds is 6. The van der Waals surface area contributed by atoms with E-state index in [4.69, 9.17) is 9.47 Å². The summed E-state index contributed by atoms with van der Waals surface area (Å²) in [6.07, 6.45) is -4.61. The third-order valence-electron chi connectivity index (χ3n) is 4.11. The molecule has 1 heterocycles. The van der Waals surface area contributed by atoms with E-state index in [9.17, 15) is 18.0 Å². The van der Waals surface area contributed by atoms with Crippen molar-refractivity contribution in [2.24, 2.45) is 0 Å². The topological polar surface area (TPSA) is 64.2 Å². The highest BCUT2D eigenvalue weighted by atomic mass is 79.9. The second-order valence-electron chi connectivity index (χ2n) is 6.09. The number of esters is 1. The lowest BCUT2D eigenvalue weighted by Crippen LogP contribution is -2.07. The zero-order chi connectivity index (χ0) is 21.9. The first-order valence-corrected chi connectivity index (χ1v) is 10.3. The minimum atomic E-state index is -4.61. The van der Waals surface area contributed by atoms with Gasteiger partial charge in [-0.05, 0) is 45.8 Å². The number of hydrogen-bond donors (Lipinski definition) is 1. The maximum absolute atomic E-state index is 13.6. The summed E-state index contributed by atoms with van der Waals surface area (Å²) < 4.78 is 51.6. The number of alkyl halides is 3. The Morgan fingerprint density at radius 1 is 1.17 bits per heavy atom. The molecule has 0 saturated carbocycles. The molecule has 0 saturated heterocycles. The van der Waals surface area contributed by atoms with Gasteiger partial charge in [0.15, 0.2) is 0 Å². The van der Waals surface area contributed by atoms with E-state index in [0.717, 1.165) is 4.90 Å². The normalized spacial score (nSPS) is 11.4. The number of H-pyrrole nitrogens is 1. The molecule has 1 N–H and O–H groups in total. The Morgan fingerprint density at radius 2 is 1.83 bits per heavy atom. The van der Waals surface area contributed by atoms with Crippen LogP contribution in [-0.4, -0.2) is 29.2 Å². The standard InChI is InChI=1S/C20H16BrF3N2O3S/c1-11(27)29-10-30-14-6-3-12(4-7-14)18-17(19(26-25-18)20(22,23)24)13-5-8-15(21)16(9-13)28-2/h3-9H,10H2,1-2H3,(H,25,26). The predicted molar refractivity (Wildman–Crippen MR) is 111 cm³/mol. The van der Waals surface area contributed by atoms with Crippen molar-refractivity contribution in [2.75, 3.05) is 13.0 Å². The average molecular weight is 501 g/mol. The Labute approximate surface area is 183 Å². The Bertz CT molecular complexity index is 1050. The molecule has 0 spiro atoms. The van der Waals surface area contributed by atoms with E-state index in [1.807, 2.05) is 0 Å². The molecule has 1 aromatic heterocycles. The first-order chi connectivity index (χ1) is 14.2. The monoisotopic (exact) mass is 500 g/mol. The largest absolute Gasteiger partial charge is 0.496 e. The molecule has 10 heteroatoms. The van der Waals surface area contributed by atoms with Crippen LogP contribution in [0.2, 0.25) is 0 Å². The van der Waals surface area contributed by atoms with E-state index in [1.54, 1.807) is 36.4 Å². The Hall–Kier alpha value is -2.46. The fourth-order valence-electron chi connectivity index (χ4n) is 2.74. The zero-order valence-electron chi connectivity index (χ0n) is 15.8. The van der Waals surface area contributed by atoms with Crippen LogP contribution in [0.25, 0.3) is 22.4 Å². The number of thioether (sulfide) groups is 1. The molecular weight excluding hydrogens is 485 g/mol. The minimum Gasteiger partial charge on any atom is -0.496 e. The maximum atomic E-state index is 13.6. The van der Waals surface area contributed by atoms with E-state index in [1.165, 1.54) is 31.9 Å². The average Bonchev–Trinajstić information content (AvgIpc) is 3.14. The summed E-state index contributed by atoms with van der Waals surface area (Å²) >= 11 is 4.60. The number of nitrogens with one attached hydrogen (secondary N) is 1. The van der Waals surface area contributed by atoms with Crippen molar-refractivity contribution >= 4 is 33.7 Å². The van der Waals surface area contributed by atoms with Crippen LogP contribution in [0.5, 0.6) is 5.75 Å². The quantitative estimate of drug-likeness (QED) is 0.250. The highest BCUT2D eigenvalue weighted by Gasteiger charge is 2.38. The van der Waals surface area contributed by atoms with Crippen molar-refractivity contribution in [3.8, 4) is 28.1 Å². The van der Waals surface area contributed by atoms with Crippen molar-refractivity contribution in [1.82, 2.24) is 10.2 Å². The first kappa shape index (κ1) is 22.2. The van der Waals surface area contributed by atoms with Gasteiger partial charge in [0.25, 0.3) is 0 Å². The molecule has 0 aliphatic heterocycles. The third kappa shape index (κ3) is 4.99. The van der Waals surface area contributed by atoms with Crippen LogP contribution in [0, 0.1) is 0 Å². The number of carbonyl (C=O) groups is 1. The molecule has 5 nitrogen and oxygen atoms in total. The molecule has 0 unspecified atom stereocenters. The van der Waals surface area contributed by atoms with Gasteiger partial charge in [0, 0.05) is 22.9 Å². The van der Waals surface area contributed by atoms with Gasteiger partial charge in [-0.15, -0.1) is 0 Å². The predicted octanol–water partition coefficient (Wildman–Crippen LogP) is 6.15. The molecule has 2 aromatic carbocycles. The lowest BCUT2D eigenvalue weighted by atomic mass is 9.98. The molecule has 0 bridgehead atoms. The van der Waals surface area contributed by atoms with Gasteiger partial charge in [0.05, 0.1) is 11.6 Å². The molecule has 0 radical (unpaired) electrons. The molecule has 0 aliphatic carbocycles. The second kappa shape index (κ2) is 9.13. The SMILES string of the molecule is COc1cc(-c2c(-c3ccc(SCOC(C)=O)cc3)n[nH]c2C(F)(F)F)ccc1Br. The summed E-state index contributed by atoms with van der Waals surface area (Å²) in [5, 5.41) is 6.08. The lowest BCUT2D eigenvalue weighted by Gasteiger charge is -2.11. The van der Waals surface area contributed by atoms with Crippen molar-refractivity contribution in [1.29, 1.82) is 0 Å². The van der Waals surface area contributed by atoms with E-state index in [-0.39, 0.29) is 23.2 Å². The van der Waals surface area contributed by atoms with Crippen molar-refractivity contribution in [3.05, 3.63) is 52.6 Å². The summed E-state index contributed by atoms with van der Waals surface area (Å²) in [4.78, 5) is 11.6. The highest BCUT2D eigenvalue weighted by molar-refractivity contribution is 9.10. The van der Waals surface area contributed by atoms with Crippen LogP contribution in [0.1, 0.15) is 12.6 Å². The molecule has 0 amide bonds. The van der Waals surface area contributed by atoms with Gasteiger partial charge in [-0.25, -0.2) is 0 Å². The number of benzene rings is 2. The van der Waals surface area contributed by atoms with Gasteiger partial charge in [-0.3, -0.25) is 9.89 Å². The van der Waals surface area contributed by atoms with E-state index in [2.05, 4.69) is 26.1 Å². The van der Waals surface area contributed by atoms with Crippen molar-refractivity contribution in [2.45, 2.75) is 18.0 Å². The number of carbonyl (C=O) groups excluding carboxylic acids is 1. The number of aromatic nitrogens is 2. The number of nitrogens with zero attached hydrogens (tertiary/aromatic N) is 1. The second-order valence-corrected chi connectivity index (χ2v) is 7.94. The lowest BCUT2D eigenvalue weighted by molar-refractivity contribution is -0.141. The summed E-state index contributed by atoms with van der Waals surface area (Å²) in [7, 11) is 1.44. The van der Waals surface area contributed by atoms with Crippen LogP contribution in [-0.2, 0) is 15.7 Å². The van der Waals surface area contributed by atoms with Gasteiger partial charge < -0.3 is 9.47 Å². The van der Waals surface area contributed by atoms with Crippen LogP contribution in [0.15, 0.2) is 51.8 Å². The molecule has 3 aromatic rings. The van der Waals surface area contributed by atoms with E-state index < -0.39 is 11.9 Å².